The quantitative estimate of drug-likeness (QED) is 0.725. The van der Waals surface area contributed by atoms with Gasteiger partial charge in [0.25, 0.3) is 5.91 Å². The van der Waals surface area contributed by atoms with Gasteiger partial charge in [-0.15, -0.1) is 0 Å². The minimum absolute atomic E-state index is 0.176. The molecule has 8 nitrogen and oxygen atoms in total. The highest BCUT2D eigenvalue weighted by Crippen LogP contribution is 2.30. The van der Waals surface area contributed by atoms with E-state index in [1.165, 1.54) is 20.3 Å². The van der Waals surface area contributed by atoms with E-state index in [1.54, 1.807) is 18.2 Å². The van der Waals surface area contributed by atoms with Crippen molar-refractivity contribution in [2.75, 3.05) is 34.0 Å². The summed E-state index contributed by atoms with van der Waals surface area (Å²) in [7, 11) is 2.93. The Kier molecular flexibility index (Phi) is 6.21. The van der Waals surface area contributed by atoms with Gasteiger partial charge in [0.15, 0.2) is 18.1 Å². The number of nitrogens with one attached hydrogen (secondary N) is 1. The van der Waals surface area contributed by atoms with Crippen LogP contribution in [0.2, 0.25) is 0 Å². The topological polar surface area (TPSA) is 92.3 Å². The van der Waals surface area contributed by atoms with E-state index in [9.17, 15) is 9.59 Å². The second-order valence-electron chi connectivity index (χ2n) is 5.94. The van der Waals surface area contributed by atoms with Gasteiger partial charge in [-0.25, -0.2) is 4.79 Å². The largest absolute Gasteiger partial charge is 0.497 e. The van der Waals surface area contributed by atoms with E-state index in [1.807, 2.05) is 18.2 Å². The monoisotopic (exact) mass is 387 g/mol. The lowest BCUT2D eigenvalue weighted by Crippen LogP contribution is -2.42. The molecule has 0 saturated carbocycles. The summed E-state index contributed by atoms with van der Waals surface area (Å²) in [4.78, 5) is 24.3. The van der Waals surface area contributed by atoms with Crippen molar-refractivity contribution in [3.05, 3.63) is 48.0 Å². The molecule has 0 bridgehead atoms. The van der Waals surface area contributed by atoms with Crippen molar-refractivity contribution in [3.8, 4) is 23.0 Å². The second kappa shape index (κ2) is 8.98. The number of carbonyl (C=O) groups excluding carboxylic acids is 2. The summed E-state index contributed by atoms with van der Waals surface area (Å²) >= 11 is 0. The Balaban J connectivity index is 1.48. The van der Waals surface area contributed by atoms with Crippen molar-refractivity contribution in [1.82, 2.24) is 5.32 Å². The number of carbonyl (C=O) groups is 2. The van der Waals surface area contributed by atoms with Crippen LogP contribution in [0.1, 0.15) is 10.4 Å². The zero-order chi connectivity index (χ0) is 19.9. The summed E-state index contributed by atoms with van der Waals surface area (Å²) in [6.07, 6.45) is -0.326. The van der Waals surface area contributed by atoms with E-state index in [2.05, 4.69) is 5.32 Å². The molecule has 0 fully saturated rings. The molecule has 1 amide bonds. The van der Waals surface area contributed by atoms with Gasteiger partial charge in [-0.2, -0.15) is 0 Å². The summed E-state index contributed by atoms with van der Waals surface area (Å²) in [5.74, 6) is 0.982. The Hall–Kier alpha value is -3.42. The predicted molar refractivity (Wildman–Crippen MR) is 99.2 cm³/mol. The van der Waals surface area contributed by atoms with Crippen molar-refractivity contribution in [2.24, 2.45) is 0 Å². The third-order valence-electron chi connectivity index (χ3n) is 4.06. The minimum atomic E-state index is -0.683. The van der Waals surface area contributed by atoms with Crippen LogP contribution >= 0.6 is 0 Å². The molecule has 148 valence electrons. The van der Waals surface area contributed by atoms with Crippen molar-refractivity contribution in [3.63, 3.8) is 0 Å². The number of esters is 1. The molecule has 1 aliphatic rings. The van der Waals surface area contributed by atoms with Gasteiger partial charge < -0.3 is 29.0 Å². The fourth-order valence-electron chi connectivity index (χ4n) is 2.62. The Morgan fingerprint density at radius 3 is 2.64 bits per heavy atom. The molecule has 0 unspecified atom stereocenters. The van der Waals surface area contributed by atoms with E-state index in [4.69, 9.17) is 23.7 Å². The number of ether oxygens (including phenoxy) is 5. The van der Waals surface area contributed by atoms with E-state index in [-0.39, 0.29) is 18.2 Å². The number of hydrogen-bond acceptors (Lipinski definition) is 7. The molecule has 0 aromatic heterocycles. The molecule has 3 rings (SSSR count). The fraction of sp³-hybridized carbons (Fsp3) is 0.300. The van der Waals surface area contributed by atoms with Crippen LogP contribution in [0.3, 0.4) is 0 Å². The van der Waals surface area contributed by atoms with Gasteiger partial charge in [-0.05, 0) is 30.3 Å². The maximum atomic E-state index is 12.3. The van der Waals surface area contributed by atoms with Crippen molar-refractivity contribution in [2.45, 2.75) is 6.10 Å². The number of benzene rings is 2. The molecule has 2 aromatic rings. The van der Waals surface area contributed by atoms with Crippen LogP contribution in [0, 0.1) is 0 Å². The lowest BCUT2D eigenvalue weighted by Gasteiger charge is -2.26. The predicted octanol–water partition coefficient (Wildman–Crippen LogP) is 1.82. The Labute approximate surface area is 162 Å². The minimum Gasteiger partial charge on any atom is -0.497 e. The van der Waals surface area contributed by atoms with Gasteiger partial charge in [-0.1, -0.05) is 12.1 Å². The third-order valence-corrected chi connectivity index (χ3v) is 4.06. The van der Waals surface area contributed by atoms with Crippen LogP contribution < -0.4 is 24.3 Å². The lowest BCUT2D eigenvalue weighted by atomic mass is 10.2. The first kappa shape index (κ1) is 19.3. The maximum Gasteiger partial charge on any atom is 0.342 e. The van der Waals surface area contributed by atoms with Crippen molar-refractivity contribution in [1.29, 1.82) is 0 Å². The Morgan fingerprint density at radius 2 is 1.89 bits per heavy atom. The van der Waals surface area contributed by atoms with E-state index in [0.29, 0.717) is 29.6 Å². The molecular formula is C20H21NO7. The van der Waals surface area contributed by atoms with Gasteiger partial charge in [0.2, 0.25) is 0 Å². The third kappa shape index (κ3) is 4.64. The molecule has 0 radical (unpaired) electrons. The summed E-state index contributed by atoms with van der Waals surface area (Å²) in [6.45, 7) is 0.120. The van der Waals surface area contributed by atoms with Gasteiger partial charge >= 0.3 is 5.97 Å². The highest BCUT2D eigenvalue weighted by atomic mass is 16.6. The zero-order valence-corrected chi connectivity index (χ0v) is 15.6. The molecule has 8 heteroatoms. The van der Waals surface area contributed by atoms with Crippen LogP contribution in [0.4, 0.5) is 0 Å². The van der Waals surface area contributed by atoms with Crippen LogP contribution in [-0.2, 0) is 9.53 Å². The van der Waals surface area contributed by atoms with Crippen molar-refractivity contribution < 1.29 is 33.3 Å². The summed E-state index contributed by atoms with van der Waals surface area (Å²) in [6, 6.07) is 12.1. The first-order valence-corrected chi connectivity index (χ1v) is 8.65. The average Bonchev–Trinajstić information content (AvgIpc) is 2.75. The summed E-state index contributed by atoms with van der Waals surface area (Å²) < 4.78 is 26.6. The van der Waals surface area contributed by atoms with Crippen LogP contribution in [0.15, 0.2) is 42.5 Å². The van der Waals surface area contributed by atoms with E-state index in [0.717, 1.165) is 0 Å². The van der Waals surface area contributed by atoms with E-state index < -0.39 is 18.5 Å². The SMILES string of the molecule is COc1ccc(OC)c(C(=O)OCC(=O)NC[C@@H]2COc3ccccc3O2)c1. The van der Waals surface area contributed by atoms with E-state index >= 15 is 0 Å². The molecular weight excluding hydrogens is 366 g/mol. The number of methoxy groups -OCH3 is 2. The Bertz CT molecular complexity index is 852. The van der Waals surface area contributed by atoms with Crippen molar-refractivity contribution >= 4 is 11.9 Å². The van der Waals surface area contributed by atoms with Gasteiger partial charge in [0, 0.05) is 0 Å². The standard InChI is InChI=1S/C20H21NO7/c1-24-13-7-8-16(25-2)15(9-13)20(23)27-12-19(22)21-10-14-11-26-17-5-3-4-6-18(17)28-14/h3-9,14H,10-12H2,1-2H3,(H,21,22)/t14-/m1/s1. The average molecular weight is 387 g/mol. The lowest BCUT2D eigenvalue weighted by molar-refractivity contribution is -0.124. The van der Waals surface area contributed by atoms with Gasteiger partial charge in [0.05, 0.1) is 20.8 Å². The Morgan fingerprint density at radius 1 is 1.11 bits per heavy atom. The number of hydrogen-bond donors (Lipinski definition) is 1. The van der Waals surface area contributed by atoms with Gasteiger partial charge in [-0.3, -0.25) is 4.79 Å². The highest BCUT2D eigenvalue weighted by molar-refractivity contribution is 5.94. The zero-order valence-electron chi connectivity index (χ0n) is 15.6. The fourth-order valence-corrected chi connectivity index (χ4v) is 2.62. The van der Waals surface area contributed by atoms with Crippen LogP contribution in [0.25, 0.3) is 0 Å². The molecule has 1 heterocycles. The normalized spacial score (nSPS) is 14.7. The summed E-state index contributed by atoms with van der Waals surface area (Å²) in [5.41, 5.74) is 0.176. The molecule has 28 heavy (non-hydrogen) atoms. The number of amides is 1. The first-order chi connectivity index (χ1) is 13.6. The van der Waals surface area contributed by atoms with Crippen LogP contribution in [-0.4, -0.2) is 52.0 Å². The number of rotatable bonds is 7. The molecule has 1 aliphatic heterocycles. The maximum absolute atomic E-state index is 12.3. The first-order valence-electron chi connectivity index (χ1n) is 8.65. The molecule has 0 saturated heterocycles. The number of fused-ring (bicyclic) bond motifs is 1. The molecule has 1 N–H and O–H groups in total. The highest BCUT2D eigenvalue weighted by Gasteiger charge is 2.22. The molecule has 2 aromatic carbocycles. The van der Waals surface area contributed by atoms with Gasteiger partial charge in [0.1, 0.15) is 29.8 Å². The summed E-state index contributed by atoms with van der Waals surface area (Å²) in [5, 5.41) is 2.66. The smallest absolute Gasteiger partial charge is 0.342 e. The number of para-hydroxylation sites is 2. The molecule has 0 aliphatic carbocycles. The van der Waals surface area contributed by atoms with Crippen LogP contribution in [0.5, 0.6) is 23.0 Å². The molecule has 1 atom stereocenters. The second-order valence-corrected chi connectivity index (χ2v) is 5.94. The molecule has 0 spiro atoms.